The van der Waals surface area contributed by atoms with Gasteiger partial charge in [0.1, 0.15) is 18.3 Å². The third-order valence-electron chi connectivity index (χ3n) is 6.89. The van der Waals surface area contributed by atoms with Gasteiger partial charge >= 0.3 is 0 Å². The number of ether oxygens (including phenoxy) is 1. The van der Waals surface area contributed by atoms with Crippen molar-refractivity contribution in [2.45, 2.75) is 64.1 Å². The molecule has 41 heavy (non-hydrogen) atoms. The summed E-state index contributed by atoms with van der Waals surface area (Å²) in [5.74, 6) is -0.443. The monoisotopic (exact) mass is 599 g/mol. The van der Waals surface area contributed by atoms with Crippen LogP contribution in [0, 0.1) is 6.92 Å². The quantitative estimate of drug-likeness (QED) is 0.277. The molecule has 220 valence electrons. The molecule has 0 aliphatic rings. The second-order valence-corrected chi connectivity index (χ2v) is 12.2. The lowest BCUT2D eigenvalue weighted by atomic mass is 10.1. The Bertz CT molecular complexity index is 1430. The van der Waals surface area contributed by atoms with Gasteiger partial charge in [-0.1, -0.05) is 73.5 Å². The molecule has 0 unspecified atom stereocenters. The minimum Gasteiger partial charge on any atom is -0.495 e. The van der Waals surface area contributed by atoms with Crippen molar-refractivity contribution >= 4 is 39.1 Å². The fourth-order valence-corrected chi connectivity index (χ4v) is 5.98. The fourth-order valence-electron chi connectivity index (χ4n) is 4.32. The Kier molecular flexibility index (Phi) is 11.2. The van der Waals surface area contributed by atoms with E-state index in [1.165, 1.54) is 36.3 Å². The molecule has 0 saturated carbocycles. The minimum atomic E-state index is -4.20. The Hall–Kier alpha value is -3.56. The van der Waals surface area contributed by atoms with Crippen molar-refractivity contribution in [2.75, 3.05) is 18.0 Å². The highest BCUT2D eigenvalue weighted by Crippen LogP contribution is 2.32. The number of hydrogen-bond donors (Lipinski definition) is 1. The molecule has 0 aromatic heterocycles. The van der Waals surface area contributed by atoms with Gasteiger partial charge in [-0.25, -0.2) is 8.42 Å². The molecule has 1 N–H and O–H groups in total. The molecule has 0 fully saturated rings. The summed E-state index contributed by atoms with van der Waals surface area (Å²) >= 11 is 6.38. The van der Waals surface area contributed by atoms with Crippen molar-refractivity contribution in [3.05, 3.63) is 88.9 Å². The summed E-state index contributed by atoms with van der Waals surface area (Å²) in [7, 11) is -2.74. The number of halogens is 1. The number of aryl methyl sites for hydroxylation is 1. The number of sulfonamides is 1. The highest BCUT2D eigenvalue weighted by molar-refractivity contribution is 7.92. The van der Waals surface area contributed by atoms with Crippen molar-refractivity contribution in [3.8, 4) is 5.75 Å². The number of anilines is 1. The van der Waals surface area contributed by atoms with Crippen LogP contribution in [0.4, 0.5) is 5.69 Å². The van der Waals surface area contributed by atoms with Crippen LogP contribution in [0.15, 0.2) is 77.7 Å². The van der Waals surface area contributed by atoms with E-state index in [-0.39, 0.29) is 34.1 Å². The molecule has 2 amide bonds. The predicted molar refractivity (Wildman–Crippen MR) is 163 cm³/mol. The average Bonchev–Trinajstić information content (AvgIpc) is 2.96. The summed E-state index contributed by atoms with van der Waals surface area (Å²) in [5, 5.41) is 3.17. The van der Waals surface area contributed by atoms with Crippen LogP contribution in [0.5, 0.6) is 5.75 Å². The van der Waals surface area contributed by atoms with E-state index in [1.807, 2.05) is 58.0 Å². The first-order chi connectivity index (χ1) is 19.5. The van der Waals surface area contributed by atoms with Crippen LogP contribution in [-0.2, 0) is 26.2 Å². The number of carbonyl (C=O) groups is 2. The van der Waals surface area contributed by atoms with E-state index < -0.39 is 28.5 Å². The Labute approximate surface area is 248 Å². The zero-order valence-corrected chi connectivity index (χ0v) is 25.7. The van der Waals surface area contributed by atoms with Crippen LogP contribution in [0.3, 0.4) is 0 Å². The zero-order chi connectivity index (χ0) is 30.2. The summed E-state index contributed by atoms with van der Waals surface area (Å²) in [6.45, 7) is 7.14. The van der Waals surface area contributed by atoms with Gasteiger partial charge in [0.15, 0.2) is 0 Å². The Balaban J connectivity index is 2.08. The number of amides is 2. The van der Waals surface area contributed by atoms with Crippen molar-refractivity contribution in [1.82, 2.24) is 10.2 Å². The molecule has 0 bridgehead atoms. The van der Waals surface area contributed by atoms with E-state index >= 15 is 0 Å². The molecule has 0 aliphatic carbocycles. The standard InChI is InChI=1S/C31H38ClN3O5S/c1-6-23(4)33-31(37)28(7-2)34(20-24-11-9-8-10-12-24)30(36)21-35(25-15-18-29(40-5)27(32)19-25)41(38,39)26-16-13-22(3)14-17-26/h8-19,23,28H,6-7,20-21H2,1-5H3,(H,33,37)/t23-,28+/m0/s1. The van der Waals surface area contributed by atoms with E-state index in [9.17, 15) is 18.0 Å². The molecule has 10 heteroatoms. The molecule has 8 nitrogen and oxygen atoms in total. The third kappa shape index (κ3) is 8.01. The van der Waals surface area contributed by atoms with Crippen LogP contribution in [-0.4, -0.2) is 50.9 Å². The first kappa shape index (κ1) is 32.0. The van der Waals surface area contributed by atoms with Crippen molar-refractivity contribution in [3.63, 3.8) is 0 Å². The van der Waals surface area contributed by atoms with Gasteiger partial charge in [-0.3, -0.25) is 13.9 Å². The van der Waals surface area contributed by atoms with Gasteiger partial charge in [-0.2, -0.15) is 0 Å². The number of benzene rings is 3. The van der Waals surface area contributed by atoms with Gasteiger partial charge in [0, 0.05) is 12.6 Å². The van der Waals surface area contributed by atoms with Crippen LogP contribution < -0.4 is 14.4 Å². The summed E-state index contributed by atoms with van der Waals surface area (Å²) < 4.78 is 34.2. The molecule has 3 aromatic carbocycles. The largest absolute Gasteiger partial charge is 0.495 e. The molecule has 0 aliphatic heterocycles. The maximum atomic E-state index is 14.1. The van der Waals surface area contributed by atoms with E-state index in [2.05, 4.69) is 5.32 Å². The number of hydrogen-bond acceptors (Lipinski definition) is 5. The van der Waals surface area contributed by atoms with Crippen LogP contribution in [0.25, 0.3) is 0 Å². The van der Waals surface area contributed by atoms with E-state index in [1.54, 1.807) is 18.2 Å². The summed E-state index contributed by atoms with van der Waals surface area (Å²) in [6.07, 6.45) is 1.08. The molecule has 0 spiro atoms. The molecular weight excluding hydrogens is 562 g/mol. The van der Waals surface area contributed by atoms with Crippen LogP contribution in [0.1, 0.15) is 44.7 Å². The second kappa shape index (κ2) is 14.4. The summed E-state index contributed by atoms with van der Waals surface area (Å²) in [4.78, 5) is 28.9. The maximum absolute atomic E-state index is 14.1. The van der Waals surface area contributed by atoms with Gasteiger partial charge in [0.25, 0.3) is 10.0 Å². The normalized spacial score (nSPS) is 12.7. The number of nitrogens with zero attached hydrogens (tertiary/aromatic N) is 2. The van der Waals surface area contributed by atoms with Gasteiger partial charge in [0.05, 0.1) is 22.7 Å². The SMILES string of the molecule is CC[C@H](C(=O)N[C@@H](C)CC)N(Cc1ccccc1)C(=O)CN(c1ccc(OC)c(Cl)c1)S(=O)(=O)c1ccc(C)cc1. The zero-order valence-electron chi connectivity index (χ0n) is 24.1. The highest BCUT2D eigenvalue weighted by Gasteiger charge is 2.34. The summed E-state index contributed by atoms with van der Waals surface area (Å²) in [5.41, 5.74) is 1.91. The third-order valence-corrected chi connectivity index (χ3v) is 8.98. The highest BCUT2D eigenvalue weighted by atomic mass is 35.5. The van der Waals surface area contributed by atoms with Gasteiger partial charge in [-0.15, -0.1) is 0 Å². The lowest BCUT2D eigenvalue weighted by Crippen LogP contribution is -2.53. The Morgan fingerprint density at radius 1 is 0.976 bits per heavy atom. The van der Waals surface area contributed by atoms with Crippen molar-refractivity contribution in [2.24, 2.45) is 0 Å². The molecule has 0 radical (unpaired) electrons. The van der Waals surface area contributed by atoms with E-state index in [0.717, 1.165) is 21.9 Å². The van der Waals surface area contributed by atoms with Gasteiger partial charge in [0.2, 0.25) is 11.8 Å². The molecule has 2 atom stereocenters. The first-order valence-corrected chi connectivity index (χ1v) is 15.4. The molecule has 0 heterocycles. The Morgan fingerprint density at radius 3 is 2.20 bits per heavy atom. The lowest BCUT2D eigenvalue weighted by molar-refractivity contribution is -0.140. The molecule has 0 saturated heterocycles. The predicted octanol–water partition coefficient (Wildman–Crippen LogP) is 5.57. The van der Waals surface area contributed by atoms with Crippen molar-refractivity contribution in [1.29, 1.82) is 0 Å². The Morgan fingerprint density at radius 2 is 1.63 bits per heavy atom. The number of carbonyl (C=O) groups excluding carboxylic acids is 2. The van der Waals surface area contributed by atoms with Gasteiger partial charge < -0.3 is 15.0 Å². The first-order valence-electron chi connectivity index (χ1n) is 13.6. The molecule has 3 aromatic rings. The van der Waals surface area contributed by atoms with Crippen molar-refractivity contribution < 1.29 is 22.7 Å². The van der Waals surface area contributed by atoms with Crippen LogP contribution >= 0.6 is 11.6 Å². The second-order valence-electron chi connectivity index (χ2n) is 9.89. The smallest absolute Gasteiger partial charge is 0.264 e. The minimum absolute atomic E-state index is 0.0269. The van der Waals surface area contributed by atoms with E-state index in [0.29, 0.717) is 12.2 Å². The molecule has 3 rings (SSSR count). The maximum Gasteiger partial charge on any atom is 0.264 e. The van der Waals surface area contributed by atoms with Crippen LogP contribution in [0.2, 0.25) is 5.02 Å². The lowest BCUT2D eigenvalue weighted by Gasteiger charge is -2.33. The number of nitrogens with one attached hydrogen (secondary N) is 1. The summed E-state index contributed by atoms with van der Waals surface area (Å²) in [6, 6.07) is 19.4. The fraction of sp³-hybridized carbons (Fsp3) is 0.355. The average molecular weight is 600 g/mol. The number of methoxy groups -OCH3 is 1. The number of rotatable bonds is 13. The molecular formula is C31H38ClN3O5S. The topological polar surface area (TPSA) is 96.0 Å². The van der Waals surface area contributed by atoms with E-state index in [4.69, 9.17) is 16.3 Å². The van der Waals surface area contributed by atoms with Gasteiger partial charge in [-0.05, 0) is 62.6 Å².